The zero-order chi connectivity index (χ0) is 22.3. The second-order valence-corrected chi connectivity index (χ2v) is 9.39. The Hall–Kier alpha value is -3.18. The van der Waals surface area contributed by atoms with Gasteiger partial charge in [0.1, 0.15) is 24.5 Å². The molecule has 160 valence electrons. The molecule has 2 atom stereocenters. The van der Waals surface area contributed by atoms with Crippen molar-refractivity contribution < 1.29 is 18.3 Å². The van der Waals surface area contributed by atoms with Crippen LogP contribution in [0.25, 0.3) is 11.1 Å². The molecule has 2 bridgehead atoms. The monoisotopic (exact) mass is 439 g/mol. The number of nitrogens with zero attached hydrogens (tertiary/aromatic N) is 4. The molecule has 0 amide bonds. The van der Waals surface area contributed by atoms with Crippen molar-refractivity contribution in [2.75, 3.05) is 12.8 Å². The Morgan fingerprint density at radius 1 is 1.39 bits per heavy atom. The number of nitrogens with two attached hydrogens (primary N) is 1. The third kappa shape index (κ3) is 3.59. The molecule has 1 aromatic carbocycles. The van der Waals surface area contributed by atoms with Crippen LogP contribution in [0.3, 0.4) is 0 Å². The maximum Gasteiger partial charge on any atom is 0.361 e. The minimum absolute atomic E-state index is 0.127. The Morgan fingerprint density at radius 2 is 2.16 bits per heavy atom. The highest BCUT2D eigenvalue weighted by molar-refractivity contribution is 7.62. The van der Waals surface area contributed by atoms with Crippen LogP contribution in [-0.4, -0.2) is 21.9 Å². The van der Waals surface area contributed by atoms with Crippen LogP contribution in [0.2, 0.25) is 0 Å². The Labute approximate surface area is 179 Å². The fourth-order valence-electron chi connectivity index (χ4n) is 3.67. The summed E-state index contributed by atoms with van der Waals surface area (Å²) < 4.78 is 32.6. The van der Waals surface area contributed by atoms with Gasteiger partial charge in [-0.25, -0.2) is 4.98 Å². The molecule has 1 unspecified atom stereocenters. The normalized spacial score (nSPS) is 20.4. The first-order chi connectivity index (χ1) is 14.8. The molecule has 4 rings (SSSR count). The number of fused-ring (bicyclic) bond motifs is 5. The first kappa shape index (κ1) is 21.1. The lowest BCUT2D eigenvalue weighted by atomic mass is 10.0. The molecule has 31 heavy (non-hydrogen) atoms. The van der Waals surface area contributed by atoms with Crippen LogP contribution in [0.1, 0.15) is 35.5 Å². The van der Waals surface area contributed by atoms with Crippen molar-refractivity contribution in [2.24, 2.45) is 7.05 Å². The number of pyridine rings is 1. The maximum atomic E-state index is 13.7. The molecule has 10 heteroatoms. The summed E-state index contributed by atoms with van der Waals surface area (Å²) in [5.74, 6) is 0.557. The van der Waals surface area contributed by atoms with Crippen molar-refractivity contribution in [2.45, 2.75) is 26.6 Å². The fraction of sp³-hybridized carbons (Fsp3) is 0.286. The Bertz CT molecular complexity index is 1260. The smallest absolute Gasteiger partial charge is 0.361 e. The first-order valence-electron chi connectivity index (χ1n) is 9.57. The summed E-state index contributed by atoms with van der Waals surface area (Å²) in [6.07, 6.45) is 1.03. The van der Waals surface area contributed by atoms with Crippen LogP contribution in [0.4, 0.5) is 5.82 Å². The van der Waals surface area contributed by atoms with Crippen molar-refractivity contribution >= 4 is 18.7 Å². The number of aromatic nitrogens is 3. The van der Waals surface area contributed by atoms with Gasteiger partial charge in [0.2, 0.25) is 0 Å². The third-order valence-corrected chi connectivity index (χ3v) is 7.17. The van der Waals surface area contributed by atoms with Gasteiger partial charge in [-0.3, -0.25) is 13.8 Å². The van der Waals surface area contributed by atoms with Gasteiger partial charge in [0.15, 0.2) is 11.6 Å². The average Bonchev–Trinajstić information content (AvgIpc) is 3.08. The molecule has 0 saturated heterocycles. The van der Waals surface area contributed by atoms with E-state index in [1.807, 2.05) is 26.0 Å². The van der Waals surface area contributed by atoms with E-state index < -0.39 is 13.7 Å². The number of hydrogen-bond acceptors (Lipinski definition) is 8. The molecule has 1 aliphatic heterocycles. The summed E-state index contributed by atoms with van der Waals surface area (Å²) in [7, 11) is -0.727. The third-order valence-electron chi connectivity index (χ3n) is 5.23. The van der Waals surface area contributed by atoms with Crippen molar-refractivity contribution in [1.29, 1.82) is 5.26 Å². The van der Waals surface area contributed by atoms with Gasteiger partial charge in [0, 0.05) is 37.0 Å². The van der Waals surface area contributed by atoms with E-state index in [1.54, 1.807) is 25.4 Å². The summed E-state index contributed by atoms with van der Waals surface area (Å²) in [4.78, 5) is 4.25. The van der Waals surface area contributed by atoms with Gasteiger partial charge in [-0.1, -0.05) is 17.7 Å². The van der Waals surface area contributed by atoms with E-state index in [-0.39, 0.29) is 12.4 Å². The number of ether oxygens (including phenoxy) is 1. The number of rotatable bonds is 1. The Balaban J connectivity index is 1.99. The second-order valence-electron chi connectivity index (χ2n) is 7.29. The molecule has 9 nitrogen and oxygen atoms in total. The molecule has 0 fully saturated rings. The molecule has 1 aliphatic rings. The number of nitriles is 1. The van der Waals surface area contributed by atoms with Gasteiger partial charge in [0.05, 0.1) is 11.0 Å². The zero-order valence-corrected chi connectivity index (χ0v) is 18.5. The molecule has 0 saturated carbocycles. The summed E-state index contributed by atoms with van der Waals surface area (Å²) in [5, 5.41) is 14.5. The number of benzene rings is 1. The number of nitrogen functional groups attached to an aromatic ring is 1. The van der Waals surface area contributed by atoms with E-state index in [4.69, 9.17) is 19.5 Å². The van der Waals surface area contributed by atoms with E-state index in [0.29, 0.717) is 39.1 Å². The van der Waals surface area contributed by atoms with Crippen molar-refractivity contribution in [3.63, 3.8) is 0 Å². The van der Waals surface area contributed by atoms with Crippen LogP contribution in [0.5, 0.6) is 5.75 Å². The molecular formula is C21H22N5O4P. The molecule has 3 aromatic rings. The first-order valence-corrected chi connectivity index (χ1v) is 11.1. The van der Waals surface area contributed by atoms with Crippen molar-refractivity contribution in [3.8, 4) is 22.9 Å². The molecule has 0 spiro atoms. The van der Waals surface area contributed by atoms with E-state index in [2.05, 4.69) is 16.2 Å². The van der Waals surface area contributed by atoms with Gasteiger partial charge in [0.25, 0.3) is 0 Å². The number of anilines is 1. The van der Waals surface area contributed by atoms with Gasteiger partial charge in [-0.15, -0.1) is 0 Å². The van der Waals surface area contributed by atoms with E-state index in [1.165, 1.54) is 11.8 Å². The van der Waals surface area contributed by atoms with E-state index >= 15 is 0 Å². The molecule has 3 heterocycles. The van der Waals surface area contributed by atoms with Gasteiger partial charge in [-0.2, -0.15) is 10.4 Å². The van der Waals surface area contributed by atoms with Crippen molar-refractivity contribution in [1.82, 2.24) is 14.8 Å². The highest BCUT2D eigenvalue weighted by atomic mass is 31.2. The van der Waals surface area contributed by atoms with Gasteiger partial charge in [-0.05, 0) is 26.0 Å². The number of aryl methyl sites for hydroxylation is 2. The highest BCUT2D eigenvalue weighted by Gasteiger charge is 2.33. The summed E-state index contributed by atoms with van der Waals surface area (Å²) >= 11 is 0. The van der Waals surface area contributed by atoms with E-state index in [9.17, 15) is 9.83 Å². The lowest BCUT2D eigenvalue weighted by molar-refractivity contribution is 0.221. The van der Waals surface area contributed by atoms with Crippen LogP contribution in [-0.2, 0) is 27.3 Å². The SMILES string of the molecule is COP1(=O)OCc2nn(C)c(C#N)c2-c2cnc(N)c(c2)O[C@H](C)c2cc(C)ccc21. The standard InChI is InChI=1S/C21H22N5O4P/c1-12-5-6-19-15(7-12)13(2)30-18-8-14(10-24-21(18)23)20-16(11-29-31(19,27)28-4)25-26(3)17(20)9-22/h5-8,10,13H,11H2,1-4H3,(H2,23,24)/t13-,31?/m1/s1. The Kier molecular flexibility index (Phi) is 5.31. The summed E-state index contributed by atoms with van der Waals surface area (Å²) in [6, 6.07) is 9.32. The average molecular weight is 439 g/mol. The maximum absolute atomic E-state index is 13.7. The predicted molar refractivity (Wildman–Crippen MR) is 115 cm³/mol. The molecule has 0 radical (unpaired) electrons. The lowest BCUT2D eigenvalue weighted by Gasteiger charge is -2.24. The van der Waals surface area contributed by atoms with Crippen molar-refractivity contribution in [3.05, 3.63) is 53.0 Å². The predicted octanol–water partition coefficient (Wildman–Crippen LogP) is 3.38. The van der Waals surface area contributed by atoms with Crippen LogP contribution < -0.4 is 15.8 Å². The van der Waals surface area contributed by atoms with Gasteiger partial charge < -0.3 is 15.0 Å². The lowest BCUT2D eigenvalue weighted by Crippen LogP contribution is -2.20. The van der Waals surface area contributed by atoms with Crippen LogP contribution >= 0.6 is 7.60 Å². The Morgan fingerprint density at radius 3 is 2.87 bits per heavy atom. The van der Waals surface area contributed by atoms with Crippen LogP contribution in [0.15, 0.2) is 30.5 Å². The quantitative estimate of drug-likeness (QED) is 0.572. The molecule has 2 N–H and O–H groups in total. The molecular weight excluding hydrogens is 417 g/mol. The molecule has 2 aromatic heterocycles. The second kappa shape index (κ2) is 7.82. The summed E-state index contributed by atoms with van der Waals surface area (Å²) in [6.45, 7) is 3.63. The minimum atomic E-state index is -3.72. The zero-order valence-electron chi connectivity index (χ0n) is 17.6. The summed E-state index contributed by atoms with van der Waals surface area (Å²) in [5.41, 5.74) is 9.55. The molecule has 0 aliphatic carbocycles. The minimum Gasteiger partial charge on any atom is -0.482 e. The van der Waals surface area contributed by atoms with Gasteiger partial charge >= 0.3 is 7.60 Å². The largest absolute Gasteiger partial charge is 0.482 e. The number of hydrogen-bond donors (Lipinski definition) is 1. The van der Waals surface area contributed by atoms with E-state index in [0.717, 1.165) is 5.56 Å². The topological polar surface area (TPSA) is 125 Å². The highest BCUT2D eigenvalue weighted by Crippen LogP contribution is 2.50. The fourth-order valence-corrected chi connectivity index (χ4v) is 5.22. The van der Waals surface area contributed by atoms with Crippen LogP contribution in [0, 0.1) is 18.3 Å².